The molecule has 2 heterocycles. The Bertz CT molecular complexity index is 267. The molecule has 2 rings (SSSR count). The van der Waals surface area contributed by atoms with Crippen LogP contribution in [-0.2, 0) is 4.74 Å². The van der Waals surface area contributed by atoms with Crippen LogP contribution in [0.25, 0.3) is 0 Å². The van der Waals surface area contributed by atoms with Gasteiger partial charge in [-0.25, -0.2) is 0 Å². The van der Waals surface area contributed by atoms with Crippen LogP contribution in [0, 0.1) is 0 Å². The minimum atomic E-state index is 0.00546. The summed E-state index contributed by atoms with van der Waals surface area (Å²) >= 11 is 0. The molecule has 0 bridgehead atoms. The molecule has 3 heteroatoms. The highest BCUT2D eigenvalue weighted by Gasteiger charge is 2.37. The Morgan fingerprint density at radius 2 is 2.00 bits per heavy atom. The van der Waals surface area contributed by atoms with E-state index in [1.54, 1.807) is 0 Å². The van der Waals surface area contributed by atoms with Gasteiger partial charge in [-0.3, -0.25) is 4.90 Å². The molecule has 0 aromatic carbocycles. The summed E-state index contributed by atoms with van der Waals surface area (Å²) in [6.07, 6.45) is 7.01. The summed E-state index contributed by atoms with van der Waals surface area (Å²) in [6.45, 7) is 7.65. The standard InChI is InChI=1S/C13H24N2O/c1-13(2,15-8-4-5-9-15)12(14)11-7-3-6-10-16-11/h7,12H,3-6,8-10,14H2,1-2H3. The fraction of sp³-hybridized carbons (Fsp3) is 0.846. The molecule has 1 unspecified atom stereocenters. The van der Waals surface area contributed by atoms with Crippen LogP contribution < -0.4 is 5.73 Å². The fourth-order valence-electron chi connectivity index (χ4n) is 2.63. The van der Waals surface area contributed by atoms with Crippen molar-refractivity contribution in [2.75, 3.05) is 19.7 Å². The monoisotopic (exact) mass is 224 g/mol. The zero-order valence-corrected chi connectivity index (χ0v) is 10.5. The molecule has 2 aliphatic rings. The summed E-state index contributed by atoms with van der Waals surface area (Å²) in [5, 5.41) is 0. The van der Waals surface area contributed by atoms with Gasteiger partial charge in [0.2, 0.25) is 0 Å². The van der Waals surface area contributed by atoms with E-state index in [1.165, 1.54) is 25.9 Å². The first-order chi connectivity index (χ1) is 7.62. The van der Waals surface area contributed by atoms with Gasteiger partial charge in [-0.05, 0) is 58.7 Å². The summed E-state index contributed by atoms with van der Waals surface area (Å²) in [4.78, 5) is 2.50. The van der Waals surface area contributed by atoms with Gasteiger partial charge >= 0.3 is 0 Å². The maximum absolute atomic E-state index is 6.37. The van der Waals surface area contributed by atoms with Gasteiger partial charge in [0.15, 0.2) is 0 Å². The van der Waals surface area contributed by atoms with E-state index in [0.29, 0.717) is 0 Å². The van der Waals surface area contributed by atoms with Gasteiger partial charge in [-0.1, -0.05) is 0 Å². The Hall–Kier alpha value is -0.540. The lowest BCUT2D eigenvalue weighted by molar-refractivity contribution is 0.0896. The SMILES string of the molecule is CC(C)(C(N)C1=CCCCO1)N1CCCC1. The van der Waals surface area contributed by atoms with Crippen LogP contribution in [0.2, 0.25) is 0 Å². The Morgan fingerprint density at radius 3 is 2.56 bits per heavy atom. The van der Waals surface area contributed by atoms with Gasteiger partial charge in [-0.2, -0.15) is 0 Å². The molecule has 1 fully saturated rings. The summed E-state index contributed by atoms with van der Waals surface area (Å²) in [5.74, 6) is 1.00. The zero-order valence-electron chi connectivity index (χ0n) is 10.5. The molecule has 0 spiro atoms. The van der Waals surface area contributed by atoms with E-state index in [1.807, 2.05) is 0 Å². The summed E-state index contributed by atoms with van der Waals surface area (Å²) in [7, 11) is 0. The molecule has 92 valence electrons. The average molecular weight is 224 g/mol. The van der Waals surface area contributed by atoms with Gasteiger partial charge in [0.05, 0.1) is 12.6 Å². The Labute approximate surface area is 98.6 Å². The third-order valence-corrected chi connectivity index (χ3v) is 3.95. The number of rotatable bonds is 3. The molecule has 0 aromatic rings. The molecule has 16 heavy (non-hydrogen) atoms. The second-order valence-electron chi connectivity index (χ2n) is 5.42. The van der Waals surface area contributed by atoms with Crippen molar-refractivity contribution in [1.29, 1.82) is 0 Å². The van der Waals surface area contributed by atoms with Crippen molar-refractivity contribution >= 4 is 0 Å². The molecule has 2 aliphatic heterocycles. The molecule has 0 radical (unpaired) electrons. The van der Waals surface area contributed by atoms with Crippen LogP contribution in [0.5, 0.6) is 0 Å². The van der Waals surface area contributed by atoms with E-state index >= 15 is 0 Å². The Balaban J connectivity index is 2.06. The van der Waals surface area contributed by atoms with Crippen LogP contribution in [0.3, 0.4) is 0 Å². The van der Waals surface area contributed by atoms with E-state index in [9.17, 15) is 0 Å². The quantitative estimate of drug-likeness (QED) is 0.795. The molecular weight excluding hydrogens is 200 g/mol. The maximum atomic E-state index is 6.37. The molecule has 3 nitrogen and oxygen atoms in total. The van der Waals surface area contributed by atoms with E-state index in [2.05, 4.69) is 24.8 Å². The number of allylic oxidation sites excluding steroid dienone is 1. The lowest BCUT2D eigenvalue weighted by atomic mass is 9.90. The predicted molar refractivity (Wildman–Crippen MR) is 66.1 cm³/mol. The Morgan fingerprint density at radius 1 is 1.31 bits per heavy atom. The van der Waals surface area contributed by atoms with Gasteiger partial charge in [0.1, 0.15) is 5.76 Å². The number of likely N-dealkylation sites (tertiary alicyclic amines) is 1. The van der Waals surface area contributed by atoms with Gasteiger partial charge in [0.25, 0.3) is 0 Å². The first-order valence-corrected chi connectivity index (χ1v) is 6.46. The summed E-state index contributed by atoms with van der Waals surface area (Å²) in [5.41, 5.74) is 6.38. The molecule has 1 saturated heterocycles. The highest BCUT2D eigenvalue weighted by atomic mass is 16.5. The molecule has 0 saturated carbocycles. The molecular formula is C13H24N2O. The average Bonchev–Trinajstić information content (AvgIpc) is 2.83. The summed E-state index contributed by atoms with van der Waals surface area (Å²) in [6, 6.07) is 0.00546. The van der Waals surface area contributed by atoms with Crippen molar-refractivity contribution < 1.29 is 4.74 Å². The van der Waals surface area contributed by atoms with Gasteiger partial charge < -0.3 is 10.5 Å². The lowest BCUT2D eigenvalue weighted by Crippen LogP contribution is -2.56. The number of hydrogen-bond donors (Lipinski definition) is 1. The number of nitrogens with two attached hydrogens (primary N) is 1. The van der Waals surface area contributed by atoms with E-state index in [4.69, 9.17) is 10.5 Å². The van der Waals surface area contributed by atoms with Crippen LogP contribution in [0.15, 0.2) is 11.8 Å². The summed E-state index contributed by atoms with van der Waals surface area (Å²) < 4.78 is 5.70. The van der Waals surface area contributed by atoms with Gasteiger partial charge in [-0.15, -0.1) is 0 Å². The van der Waals surface area contributed by atoms with Crippen LogP contribution in [0.1, 0.15) is 39.5 Å². The molecule has 0 aromatic heterocycles. The van der Waals surface area contributed by atoms with Crippen molar-refractivity contribution in [2.45, 2.75) is 51.1 Å². The first-order valence-electron chi connectivity index (χ1n) is 6.46. The van der Waals surface area contributed by atoms with E-state index in [0.717, 1.165) is 25.2 Å². The van der Waals surface area contributed by atoms with Crippen LogP contribution in [0.4, 0.5) is 0 Å². The fourth-order valence-corrected chi connectivity index (χ4v) is 2.63. The second-order valence-corrected chi connectivity index (χ2v) is 5.42. The van der Waals surface area contributed by atoms with Crippen molar-refractivity contribution in [3.05, 3.63) is 11.8 Å². The number of hydrogen-bond acceptors (Lipinski definition) is 3. The van der Waals surface area contributed by atoms with E-state index in [-0.39, 0.29) is 11.6 Å². The highest BCUT2D eigenvalue weighted by Crippen LogP contribution is 2.28. The molecule has 0 aliphatic carbocycles. The molecule has 1 atom stereocenters. The second kappa shape index (κ2) is 4.76. The maximum Gasteiger partial charge on any atom is 0.111 e. The Kier molecular flexibility index (Phi) is 3.55. The minimum Gasteiger partial charge on any atom is -0.497 e. The smallest absolute Gasteiger partial charge is 0.111 e. The van der Waals surface area contributed by atoms with Crippen LogP contribution >= 0.6 is 0 Å². The van der Waals surface area contributed by atoms with Crippen molar-refractivity contribution in [3.8, 4) is 0 Å². The molecule has 0 amide bonds. The highest BCUT2D eigenvalue weighted by molar-refractivity contribution is 5.13. The third kappa shape index (κ3) is 2.25. The minimum absolute atomic E-state index is 0.00546. The van der Waals surface area contributed by atoms with Crippen molar-refractivity contribution in [2.24, 2.45) is 5.73 Å². The third-order valence-electron chi connectivity index (χ3n) is 3.95. The van der Waals surface area contributed by atoms with Crippen LogP contribution in [-0.4, -0.2) is 36.2 Å². The van der Waals surface area contributed by atoms with E-state index < -0.39 is 0 Å². The zero-order chi connectivity index (χ0) is 11.6. The van der Waals surface area contributed by atoms with Crippen molar-refractivity contribution in [1.82, 2.24) is 4.90 Å². The normalized spacial score (nSPS) is 25.1. The number of nitrogens with zero attached hydrogens (tertiary/aromatic N) is 1. The predicted octanol–water partition coefficient (Wildman–Crippen LogP) is 1.88. The first kappa shape index (κ1) is 11.9. The molecule has 2 N–H and O–H groups in total. The topological polar surface area (TPSA) is 38.5 Å². The van der Waals surface area contributed by atoms with Gasteiger partial charge in [0, 0.05) is 5.54 Å². The number of ether oxygens (including phenoxy) is 1. The lowest BCUT2D eigenvalue weighted by Gasteiger charge is -2.41. The van der Waals surface area contributed by atoms with Crippen molar-refractivity contribution in [3.63, 3.8) is 0 Å². The largest absolute Gasteiger partial charge is 0.497 e.